The van der Waals surface area contributed by atoms with Gasteiger partial charge in [-0.25, -0.2) is 0 Å². The highest BCUT2D eigenvalue weighted by Crippen LogP contribution is 2.01. The second kappa shape index (κ2) is 7.55. The topological polar surface area (TPSA) is 17.1 Å². The molecule has 3 heteroatoms. The maximum absolute atomic E-state index is 10.9. The highest BCUT2D eigenvalue weighted by Gasteiger charge is 1.99. The molecule has 0 spiro atoms. The average Bonchev–Trinajstić information content (AvgIpc) is 1.97. The minimum Gasteiger partial charge on any atom is -0.300 e. The van der Waals surface area contributed by atoms with Crippen molar-refractivity contribution in [2.24, 2.45) is 0 Å². The zero-order valence-electron chi connectivity index (χ0n) is 5.91. The number of hydrogen-bond acceptors (Lipinski definition) is 1. The standard InChI is InChI=1S/C7H12BrClO/c8-5-1-3-7(10)4-2-6-9/h1-6H2. The van der Waals surface area contributed by atoms with E-state index in [1.54, 1.807) is 0 Å². The Morgan fingerprint density at radius 2 is 1.90 bits per heavy atom. The fourth-order valence-corrected chi connectivity index (χ4v) is 1.07. The van der Waals surface area contributed by atoms with Gasteiger partial charge in [-0.2, -0.15) is 0 Å². The molecule has 0 aromatic rings. The van der Waals surface area contributed by atoms with E-state index in [4.69, 9.17) is 11.6 Å². The number of carbonyl (C=O) groups excluding carboxylic acids is 1. The van der Waals surface area contributed by atoms with Crippen molar-refractivity contribution in [3.63, 3.8) is 0 Å². The van der Waals surface area contributed by atoms with Crippen LogP contribution < -0.4 is 0 Å². The Bertz CT molecular complexity index is 85.6. The first-order valence-corrected chi connectivity index (χ1v) is 5.10. The van der Waals surface area contributed by atoms with Crippen LogP contribution in [0.2, 0.25) is 0 Å². The Balaban J connectivity index is 3.09. The molecule has 0 aliphatic carbocycles. The molecule has 0 N–H and O–H groups in total. The summed E-state index contributed by atoms with van der Waals surface area (Å²) < 4.78 is 0. The normalized spacial score (nSPS) is 9.80. The molecule has 0 atom stereocenters. The lowest BCUT2D eigenvalue weighted by Gasteiger charge is -1.95. The van der Waals surface area contributed by atoms with E-state index in [0.29, 0.717) is 24.5 Å². The van der Waals surface area contributed by atoms with Crippen molar-refractivity contribution in [2.45, 2.75) is 25.7 Å². The zero-order chi connectivity index (χ0) is 7.82. The Kier molecular flexibility index (Phi) is 7.88. The smallest absolute Gasteiger partial charge is 0.132 e. The van der Waals surface area contributed by atoms with Crippen LogP contribution in [0.4, 0.5) is 0 Å². The molecule has 0 aromatic heterocycles. The lowest BCUT2D eigenvalue weighted by atomic mass is 10.1. The summed E-state index contributed by atoms with van der Waals surface area (Å²) in [6.45, 7) is 0. The summed E-state index contributed by atoms with van der Waals surface area (Å²) >= 11 is 8.69. The molecule has 0 aliphatic rings. The van der Waals surface area contributed by atoms with Crippen LogP contribution in [0.5, 0.6) is 0 Å². The van der Waals surface area contributed by atoms with E-state index >= 15 is 0 Å². The predicted octanol–water partition coefficient (Wildman–Crippen LogP) is 2.75. The third kappa shape index (κ3) is 6.56. The summed E-state index contributed by atoms with van der Waals surface area (Å²) in [5.41, 5.74) is 0. The van der Waals surface area contributed by atoms with E-state index in [1.807, 2.05) is 0 Å². The van der Waals surface area contributed by atoms with Gasteiger partial charge in [0.05, 0.1) is 0 Å². The van der Waals surface area contributed by atoms with Crippen LogP contribution in [0.3, 0.4) is 0 Å². The molecule has 0 unspecified atom stereocenters. The summed E-state index contributed by atoms with van der Waals surface area (Å²) in [6, 6.07) is 0. The van der Waals surface area contributed by atoms with Gasteiger partial charge in [0.1, 0.15) is 5.78 Å². The Morgan fingerprint density at radius 1 is 1.30 bits per heavy atom. The highest BCUT2D eigenvalue weighted by molar-refractivity contribution is 9.09. The van der Waals surface area contributed by atoms with Gasteiger partial charge in [0, 0.05) is 24.1 Å². The number of ketones is 1. The second-order valence-corrected chi connectivity index (χ2v) is 3.29. The number of hydrogen-bond donors (Lipinski definition) is 0. The van der Waals surface area contributed by atoms with Crippen molar-refractivity contribution in [3.8, 4) is 0 Å². The van der Waals surface area contributed by atoms with Gasteiger partial charge in [0.25, 0.3) is 0 Å². The van der Waals surface area contributed by atoms with Gasteiger partial charge in [-0.15, -0.1) is 11.6 Å². The number of Topliss-reactive ketones (excluding diaryl/α,β-unsaturated/α-hetero) is 1. The van der Waals surface area contributed by atoms with Crippen molar-refractivity contribution >= 4 is 33.3 Å². The average molecular weight is 228 g/mol. The minimum atomic E-state index is 0.333. The van der Waals surface area contributed by atoms with Crippen LogP contribution in [-0.4, -0.2) is 17.0 Å². The van der Waals surface area contributed by atoms with Gasteiger partial charge in [0.15, 0.2) is 0 Å². The first-order chi connectivity index (χ1) is 4.81. The fraction of sp³-hybridized carbons (Fsp3) is 0.857. The number of halogens is 2. The minimum absolute atomic E-state index is 0.333. The van der Waals surface area contributed by atoms with Gasteiger partial charge in [-0.3, -0.25) is 4.79 Å². The van der Waals surface area contributed by atoms with Gasteiger partial charge < -0.3 is 0 Å². The molecule has 1 nitrogen and oxygen atoms in total. The van der Waals surface area contributed by atoms with E-state index in [0.717, 1.165) is 18.2 Å². The Labute approximate surface area is 75.3 Å². The van der Waals surface area contributed by atoms with Gasteiger partial charge in [-0.1, -0.05) is 15.9 Å². The van der Waals surface area contributed by atoms with Crippen molar-refractivity contribution in [2.75, 3.05) is 11.2 Å². The fourth-order valence-electron chi connectivity index (χ4n) is 0.653. The Morgan fingerprint density at radius 3 is 2.40 bits per heavy atom. The monoisotopic (exact) mass is 226 g/mol. The quantitative estimate of drug-likeness (QED) is 0.638. The summed E-state index contributed by atoms with van der Waals surface area (Å²) in [6.07, 6.45) is 3.11. The van der Waals surface area contributed by atoms with E-state index in [9.17, 15) is 4.79 Å². The van der Waals surface area contributed by atoms with Gasteiger partial charge >= 0.3 is 0 Å². The van der Waals surface area contributed by atoms with E-state index in [2.05, 4.69) is 15.9 Å². The summed E-state index contributed by atoms with van der Waals surface area (Å²) in [4.78, 5) is 10.9. The number of carbonyl (C=O) groups is 1. The van der Waals surface area contributed by atoms with Crippen LogP contribution in [0.1, 0.15) is 25.7 Å². The highest BCUT2D eigenvalue weighted by atomic mass is 79.9. The number of rotatable bonds is 6. The van der Waals surface area contributed by atoms with Gasteiger partial charge in [-0.05, 0) is 12.8 Å². The third-order valence-electron chi connectivity index (χ3n) is 1.18. The van der Waals surface area contributed by atoms with Crippen LogP contribution in [0.15, 0.2) is 0 Å². The van der Waals surface area contributed by atoms with E-state index in [1.165, 1.54) is 0 Å². The maximum Gasteiger partial charge on any atom is 0.132 e. The largest absolute Gasteiger partial charge is 0.300 e. The molecule has 10 heavy (non-hydrogen) atoms. The van der Waals surface area contributed by atoms with Crippen LogP contribution in [0.25, 0.3) is 0 Å². The predicted molar refractivity (Wildman–Crippen MR) is 48.0 cm³/mol. The molecule has 0 amide bonds. The molecular weight excluding hydrogens is 215 g/mol. The number of alkyl halides is 2. The molecule has 0 aromatic carbocycles. The molecular formula is C7H12BrClO. The molecule has 0 bridgehead atoms. The van der Waals surface area contributed by atoms with E-state index < -0.39 is 0 Å². The first-order valence-electron chi connectivity index (χ1n) is 3.45. The molecule has 0 fully saturated rings. The van der Waals surface area contributed by atoms with E-state index in [-0.39, 0.29) is 0 Å². The lowest BCUT2D eigenvalue weighted by Crippen LogP contribution is -1.97. The van der Waals surface area contributed by atoms with Crippen molar-refractivity contribution in [1.82, 2.24) is 0 Å². The molecule has 0 saturated carbocycles. The van der Waals surface area contributed by atoms with Gasteiger partial charge in [0.2, 0.25) is 0 Å². The van der Waals surface area contributed by atoms with Crippen molar-refractivity contribution in [3.05, 3.63) is 0 Å². The van der Waals surface area contributed by atoms with Crippen molar-refractivity contribution < 1.29 is 4.79 Å². The maximum atomic E-state index is 10.9. The summed E-state index contributed by atoms with van der Waals surface area (Å²) in [5.74, 6) is 0.931. The second-order valence-electron chi connectivity index (χ2n) is 2.12. The summed E-state index contributed by atoms with van der Waals surface area (Å²) in [5, 5.41) is 0.916. The SMILES string of the molecule is O=C(CCCCl)CCCBr. The third-order valence-corrected chi connectivity index (χ3v) is 2.01. The van der Waals surface area contributed by atoms with Crippen LogP contribution in [0, 0.1) is 0 Å². The molecule has 0 aliphatic heterocycles. The molecule has 60 valence electrons. The molecule has 0 rings (SSSR count). The van der Waals surface area contributed by atoms with Crippen LogP contribution >= 0.6 is 27.5 Å². The lowest BCUT2D eigenvalue weighted by molar-refractivity contribution is -0.119. The molecule has 0 heterocycles. The summed E-state index contributed by atoms with van der Waals surface area (Å²) in [7, 11) is 0. The first kappa shape index (κ1) is 10.4. The molecule has 0 radical (unpaired) electrons. The van der Waals surface area contributed by atoms with Crippen molar-refractivity contribution in [1.29, 1.82) is 0 Å². The zero-order valence-corrected chi connectivity index (χ0v) is 8.25. The molecule has 0 saturated heterocycles. The Hall–Kier alpha value is 0.440. The van der Waals surface area contributed by atoms with Crippen LogP contribution in [-0.2, 0) is 4.79 Å².